The van der Waals surface area contributed by atoms with E-state index in [4.69, 9.17) is 11.6 Å². The fourth-order valence-corrected chi connectivity index (χ4v) is 4.57. The molecule has 1 aromatic rings. The van der Waals surface area contributed by atoms with Crippen LogP contribution in [0.15, 0.2) is 16.3 Å². The van der Waals surface area contributed by atoms with Crippen LogP contribution in [0.25, 0.3) is 0 Å². The molecule has 0 spiro atoms. The Morgan fingerprint density at radius 2 is 2.38 bits per heavy atom. The molecule has 0 radical (unpaired) electrons. The maximum atomic E-state index is 11.7. The molecule has 0 aromatic carbocycles. The van der Waals surface area contributed by atoms with Gasteiger partial charge in [0.2, 0.25) is 10.0 Å². The van der Waals surface area contributed by atoms with Crippen LogP contribution >= 0.6 is 22.9 Å². The van der Waals surface area contributed by atoms with Gasteiger partial charge >= 0.3 is 0 Å². The molecule has 72 valence electrons. The van der Waals surface area contributed by atoms with Crippen molar-refractivity contribution in [2.24, 2.45) is 0 Å². The van der Waals surface area contributed by atoms with Crippen molar-refractivity contribution in [1.29, 1.82) is 0 Å². The second kappa shape index (κ2) is 2.95. The average molecular weight is 238 g/mol. The molecule has 2 rings (SSSR count). The van der Waals surface area contributed by atoms with Gasteiger partial charge in [-0.25, -0.2) is 8.42 Å². The highest BCUT2D eigenvalue weighted by Crippen LogP contribution is 2.38. The molecule has 0 amide bonds. The minimum Gasteiger partial charge on any atom is -0.207 e. The van der Waals surface area contributed by atoms with Gasteiger partial charge in [-0.05, 0) is 11.4 Å². The van der Waals surface area contributed by atoms with Crippen molar-refractivity contribution in [2.75, 3.05) is 13.6 Å². The van der Waals surface area contributed by atoms with Crippen LogP contribution in [0, 0.1) is 0 Å². The van der Waals surface area contributed by atoms with Gasteiger partial charge in [0.1, 0.15) is 0 Å². The number of likely N-dealkylation sites (N-methyl/N-ethyl adjacent to an activating group) is 1. The van der Waals surface area contributed by atoms with Crippen molar-refractivity contribution < 1.29 is 8.42 Å². The van der Waals surface area contributed by atoms with E-state index in [1.165, 1.54) is 15.6 Å². The molecular formula is C7H8ClNO2S2. The van der Waals surface area contributed by atoms with Crippen LogP contribution in [0.5, 0.6) is 0 Å². The van der Waals surface area contributed by atoms with Gasteiger partial charge in [-0.2, -0.15) is 4.31 Å². The fraction of sp³-hybridized carbons (Fsp3) is 0.429. The van der Waals surface area contributed by atoms with Crippen LogP contribution in [0.3, 0.4) is 0 Å². The van der Waals surface area contributed by atoms with E-state index >= 15 is 0 Å². The van der Waals surface area contributed by atoms with E-state index in [2.05, 4.69) is 0 Å². The Morgan fingerprint density at radius 1 is 1.69 bits per heavy atom. The highest BCUT2D eigenvalue weighted by molar-refractivity contribution is 7.89. The predicted molar refractivity (Wildman–Crippen MR) is 52.7 cm³/mol. The van der Waals surface area contributed by atoms with Crippen LogP contribution in [-0.2, 0) is 10.0 Å². The molecule has 1 unspecified atom stereocenters. The van der Waals surface area contributed by atoms with Gasteiger partial charge in [0.25, 0.3) is 0 Å². The third kappa shape index (κ3) is 1.30. The van der Waals surface area contributed by atoms with Crippen LogP contribution in [0.1, 0.15) is 10.3 Å². The molecule has 0 aliphatic carbocycles. The van der Waals surface area contributed by atoms with E-state index in [0.717, 1.165) is 4.88 Å². The van der Waals surface area contributed by atoms with Gasteiger partial charge in [-0.1, -0.05) is 0 Å². The molecule has 6 heteroatoms. The molecule has 0 fully saturated rings. The molecule has 1 atom stereocenters. The smallest absolute Gasteiger partial charge is 0.207 e. The second-order valence-corrected chi connectivity index (χ2v) is 6.39. The lowest BCUT2D eigenvalue weighted by atomic mass is 10.3. The molecule has 3 nitrogen and oxygen atoms in total. The number of hydrogen-bond acceptors (Lipinski definition) is 3. The zero-order valence-electron chi connectivity index (χ0n) is 6.90. The summed E-state index contributed by atoms with van der Waals surface area (Å²) in [5, 5.41) is 1.56. The Morgan fingerprint density at radius 3 is 3.08 bits per heavy atom. The topological polar surface area (TPSA) is 37.4 Å². The minimum atomic E-state index is -3.25. The summed E-state index contributed by atoms with van der Waals surface area (Å²) in [6.45, 7) is 0.359. The normalized spacial score (nSPS) is 27.1. The Bertz CT molecular complexity index is 425. The van der Waals surface area contributed by atoms with Crippen LogP contribution in [0.4, 0.5) is 0 Å². The first-order chi connectivity index (χ1) is 6.03. The zero-order chi connectivity index (χ0) is 9.64. The average Bonchev–Trinajstić information content (AvgIpc) is 2.49. The van der Waals surface area contributed by atoms with E-state index in [0.29, 0.717) is 11.4 Å². The number of alkyl halides is 1. The van der Waals surface area contributed by atoms with Crippen molar-refractivity contribution in [2.45, 2.75) is 10.3 Å². The van der Waals surface area contributed by atoms with Crippen molar-refractivity contribution >= 4 is 33.0 Å². The Labute approximate surface area is 86.0 Å². The standard InChI is InChI=1S/C7H8ClNO2S2/c1-9-4-5(8)7-6(2-3-12-7)13(9,10)11/h2-3,5H,4H2,1H3. The van der Waals surface area contributed by atoms with Gasteiger partial charge in [-0.3, -0.25) is 0 Å². The molecule has 0 N–H and O–H groups in total. The van der Waals surface area contributed by atoms with Crippen molar-refractivity contribution in [3.05, 3.63) is 16.3 Å². The van der Waals surface area contributed by atoms with Crippen LogP contribution < -0.4 is 0 Å². The second-order valence-electron chi connectivity index (χ2n) is 2.90. The molecule has 13 heavy (non-hydrogen) atoms. The quantitative estimate of drug-likeness (QED) is 0.644. The summed E-state index contributed by atoms with van der Waals surface area (Å²) in [6.07, 6.45) is 0. The lowest BCUT2D eigenvalue weighted by Gasteiger charge is -2.25. The number of halogens is 1. The van der Waals surface area contributed by atoms with E-state index in [-0.39, 0.29) is 5.38 Å². The lowest BCUT2D eigenvalue weighted by Crippen LogP contribution is -2.34. The third-order valence-electron chi connectivity index (χ3n) is 2.05. The first-order valence-electron chi connectivity index (χ1n) is 3.71. The molecule has 1 aliphatic rings. The summed E-state index contributed by atoms with van der Waals surface area (Å²) in [7, 11) is -1.70. The number of sulfonamides is 1. The molecule has 0 saturated carbocycles. The summed E-state index contributed by atoms with van der Waals surface area (Å²) in [5.74, 6) is 0. The lowest BCUT2D eigenvalue weighted by molar-refractivity contribution is 0.455. The summed E-state index contributed by atoms with van der Waals surface area (Å²) in [6, 6.07) is 1.61. The first-order valence-corrected chi connectivity index (χ1v) is 6.47. The van der Waals surface area contributed by atoms with Crippen molar-refractivity contribution in [3.8, 4) is 0 Å². The number of rotatable bonds is 0. The van der Waals surface area contributed by atoms with Gasteiger partial charge < -0.3 is 0 Å². The predicted octanol–water partition coefficient (Wildman–Crippen LogP) is 1.66. The van der Waals surface area contributed by atoms with Crippen molar-refractivity contribution in [3.63, 3.8) is 0 Å². The zero-order valence-corrected chi connectivity index (χ0v) is 9.29. The number of fused-ring (bicyclic) bond motifs is 1. The first kappa shape index (κ1) is 9.45. The fourth-order valence-electron chi connectivity index (χ4n) is 1.33. The monoisotopic (exact) mass is 237 g/mol. The molecule has 1 aromatic heterocycles. The van der Waals surface area contributed by atoms with E-state index < -0.39 is 10.0 Å². The summed E-state index contributed by atoms with van der Waals surface area (Å²) < 4.78 is 24.7. The molecular weight excluding hydrogens is 230 g/mol. The van der Waals surface area contributed by atoms with Crippen LogP contribution in [-0.4, -0.2) is 26.3 Å². The largest absolute Gasteiger partial charge is 0.244 e. The third-order valence-corrected chi connectivity index (χ3v) is 5.57. The van der Waals surface area contributed by atoms with Crippen molar-refractivity contribution in [1.82, 2.24) is 4.31 Å². The van der Waals surface area contributed by atoms with Crippen LogP contribution in [0.2, 0.25) is 0 Å². The Hall–Kier alpha value is -0.100. The van der Waals surface area contributed by atoms with Gasteiger partial charge in [0.05, 0.1) is 10.3 Å². The number of nitrogens with zero attached hydrogens (tertiary/aromatic N) is 1. The SMILES string of the molecule is CN1CC(Cl)c2sccc2S1(=O)=O. The maximum Gasteiger partial charge on any atom is 0.244 e. The maximum absolute atomic E-state index is 11.7. The van der Waals surface area contributed by atoms with E-state index in [1.807, 2.05) is 0 Å². The number of thiophene rings is 1. The van der Waals surface area contributed by atoms with E-state index in [1.54, 1.807) is 18.5 Å². The summed E-state index contributed by atoms with van der Waals surface area (Å²) in [5.41, 5.74) is 0. The minimum absolute atomic E-state index is 0.205. The molecule has 2 heterocycles. The van der Waals surface area contributed by atoms with Gasteiger partial charge in [0, 0.05) is 18.5 Å². The molecule has 1 aliphatic heterocycles. The van der Waals surface area contributed by atoms with E-state index in [9.17, 15) is 8.42 Å². The van der Waals surface area contributed by atoms with Gasteiger partial charge in [0.15, 0.2) is 0 Å². The highest BCUT2D eigenvalue weighted by atomic mass is 35.5. The van der Waals surface area contributed by atoms with Gasteiger partial charge in [-0.15, -0.1) is 22.9 Å². The Balaban J connectivity index is 2.66. The summed E-state index contributed by atoms with van der Waals surface area (Å²) >= 11 is 7.42. The molecule has 0 saturated heterocycles. The number of hydrogen-bond donors (Lipinski definition) is 0. The molecule has 0 bridgehead atoms. The highest BCUT2D eigenvalue weighted by Gasteiger charge is 2.34. The summed E-state index contributed by atoms with van der Waals surface area (Å²) in [4.78, 5) is 1.13. The Kier molecular flexibility index (Phi) is 2.14.